The second kappa shape index (κ2) is 15.0. The van der Waals surface area contributed by atoms with Crippen LogP contribution in [0.3, 0.4) is 0 Å². The highest BCUT2D eigenvalue weighted by Crippen LogP contribution is 2.21. The molecule has 1 aliphatic rings. The number of halogens is 1. The third-order valence-electron chi connectivity index (χ3n) is 7.09. The van der Waals surface area contributed by atoms with Crippen LogP contribution in [0, 0.1) is 0 Å². The van der Waals surface area contributed by atoms with E-state index in [0.717, 1.165) is 35.7 Å². The largest absolute Gasteiger partial charge is 0.354 e. The number of amides is 3. The summed E-state index contributed by atoms with van der Waals surface area (Å²) in [5, 5.41) is 6.90. The summed E-state index contributed by atoms with van der Waals surface area (Å²) in [5.41, 5.74) is 4.70. The average Bonchev–Trinajstić information content (AvgIpc) is 3.58. The number of hydrogen-bond donors (Lipinski definition) is 4. The molecule has 1 unspecified atom stereocenters. The summed E-state index contributed by atoms with van der Waals surface area (Å²) in [5.74, 6) is 4.42. The molecule has 0 aliphatic carbocycles. The molecule has 4 rings (SSSR count). The van der Waals surface area contributed by atoms with Crippen LogP contribution in [0.5, 0.6) is 0 Å². The molecule has 214 valence electrons. The van der Waals surface area contributed by atoms with Crippen LogP contribution in [0.2, 0.25) is 0 Å². The molecular formula is C29H38ClN7O3. The normalized spacial score (nSPS) is 15.6. The Bertz CT molecular complexity index is 1310. The van der Waals surface area contributed by atoms with Crippen molar-refractivity contribution in [1.29, 1.82) is 0 Å². The van der Waals surface area contributed by atoms with Crippen molar-refractivity contribution in [3.8, 4) is 0 Å². The van der Waals surface area contributed by atoms with Crippen LogP contribution in [-0.2, 0) is 23.1 Å². The number of unbranched alkanes of at least 4 members (excludes halogenated alkanes) is 1. The number of para-hydroxylation sites is 1. The molecule has 2 heterocycles. The van der Waals surface area contributed by atoms with Crippen molar-refractivity contribution in [3.63, 3.8) is 0 Å². The second-order valence-corrected chi connectivity index (χ2v) is 9.75. The molecule has 0 radical (unpaired) electrons. The molecule has 1 saturated heterocycles. The Morgan fingerprint density at radius 3 is 2.60 bits per heavy atom. The number of carbonyl (C=O) groups is 3. The topological polar surface area (TPSA) is 134 Å². The Kier molecular flexibility index (Phi) is 11.5. The molecular weight excluding hydrogens is 530 g/mol. The standard InChI is InChI=1S/C29H37N7O3.ClH/c1-35-24-13-6-5-12-22(24)19-26(35)28(38)34-23(18-21-10-3-2-4-11-21)29(39)36-17-9-14-25(36)27(37)32-16-8-7-15-31-20-33-30;/h2-6,10-13,19-20,23,25H,7-9,14-18,30H2,1H3,(H,31,33)(H,32,37)(H,34,38);1H/t23?,25-;/m0./s1. The zero-order valence-electron chi connectivity index (χ0n) is 22.7. The summed E-state index contributed by atoms with van der Waals surface area (Å²) in [6, 6.07) is 17.8. The SMILES string of the molecule is Cl.Cn1c(C(=O)NC(Cc2ccccc2)C(=O)N2CCC[C@H]2C(=O)NCCCCN=CNN)cc2ccccc21. The molecule has 2 aromatic carbocycles. The van der Waals surface area contributed by atoms with E-state index in [1.165, 1.54) is 6.34 Å². The summed E-state index contributed by atoms with van der Waals surface area (Å²) in [6.07, 6.45) is 4.68. The monoisotopic (exact) mass is 567 g/mol. The minimum absolute atomic E-state index is 0. The Morgan fingerprint density at radius 2 is 1.85 bits per heavy atom. The van der Waals surface area contributed by atoms with Crippen LogP contribution in [0.4, 0.5) is 0 Å². The van der Waals surface area contributed by atoms with Gasteiger partial charge in [-0.1, -0.05) is 48.5 Å². The van der Waals surface area contributed by atoms with E-state index < -0.39 is 12.1 Å². The summed E-state index contributed by atoms with van der Waals surface area (Å²) in [4.78, 5) is 46.0. The first kappa shape index (κ1) is 30.6. The quantitative estimate of drug-likeness (QED) is 0.0876. The number of rotatable bonds is 12. The maximum atomic E-state index is 13.9. The van der Waals surface area contributed by atoms with Gasteiger partial charge in [-0.3, -0.25) is 19.4 Å². The summed E-state index contributed by atoms with van der Waals surface area (Å²) in [6.45, 7) is 1.60. The van der Waals surface area contributed by atoms with Crippen LogP contribution < -0.4 is 21.9 Å². The van der Waals surface area contributed by atoms with Crippen LogP contribution in [0.15, 0.2) is 65.7 Å². The number of fused-ring (bicyclic) bond motifs is 1. The molecule has 1 aromatic heterocycles. The summed E-state index contributed by atoms with van der Waals surface area (Å²) in [7, 11) is 1.84. The highest BCUT2D eigenvalue weighted by Gasteiger charge is 2.37. The van der Waals surface area contributed by atoms with Crippen LogP contribution in [-0.4, -0.2) is 65.2 Å². The highest BCUT2D eigenvalue weighted by molar-refractivity contribution is 6.01. The van der Waals surface area contributed by atoms with Crippen molar-refractivity contribution in [2.24, 2.45) is 17.9 Å². The predicted octanol–water partition coefficient (Wildman–Crippen LogP) is 2.32. The van der Waals surface area contributed by atoms with Crippen LogP contribution >= 0.6 is 12.4 Å². The number of carbonyl (C=O) groups excluding carboxylic acids is 3. The van der Waals surface area contributed by atoms with Gasteiger partial charge in [-0.2, -0.15) is 0 Å². The number of aryl methyl sites for hydroxylation is 1. The molecule has 10 nitrogen and oxygen atoms in total. The fraction of sp³-hybridized carbons (Fsp3) is 0.379. The molecule has 2 atom stereocenters. The summed E-state index contributed by atoms with van der Waals surface area (Å²) < 4.78 is 1.83. The maximum Gasteiger partial charge on any atom is 0.268 e. The van der Waals surface area contributed by atoms with Crippen molar-refractivity contribution >= 4 is 47.4 Å². The number of nitrogens with two attached hydrogens (primary N) is 1. The fourth-order valence-electron chi connectivity index (χ4n) is 5.07. The Labute approximate surface area is 240 Å². The Hall–Kier alpha value is -3.89. The van der Waals surface area contributed by atoms with E-state index in [1.54, 1.807) is 4.90 Å². The molecule has 5 N–H and O–H groups in total. The minimum Gasteiger partial charge on any atom is -0.354 e. The van der Waals surface area contributed by atoms with Gasteiger partial charge in [0, 0.05) is 44.0 Å². The Balaban J connectivity index is 0.00000441. The van der Waals surface area contributed by atoms with Crippen molar-refractivity contribution in [2.45, 2.75) is 44.2 Å². The summed E-state index contributed by atoms with van der Waals surface area (Å²) >= 11 is 0. The zero-order valence-corrected chi connectivity index (χ0v) is 23.5. The van der Waals surface area contributed by atoms with Gasteiger partial charge in [-0.15, -0.1) is 12.4 Å². The number of aliphatic imine (C=N–C) groups is 1. The lowest BCUT2D eigenvalue weighted by molar-refractivity contribution is -0.139. The lowest BCUT2D eigenvalue weighted by Gasteiger charge is -2.29. The van der Waals surface area contributed by atoms with Crippen molar-refractivity contribution in [2.75, 3.05) is 19.6 Å². The molecule has 3 amide bonds. The van der Waals surface area contributed by atoms with Gasteiger partial charge in [0.15, 0.2) is 0 Å². The number of nitrogens with zero attached hydrogens (tertiary/aromatic N) is 3. The zero-order chi connectivity index (χ0) is 27.6. The molecule has 11 heteroatoms. The van der Waals surface area contributed by atoms with Gasteiger partial charge in [0.05, 0.1) is 6.34 Å². The molecule has 3 aromatic rings. The third-order valence-corrected chi connectivity index (χ3v) is 7.09. The van der Waals surface area contributed by atoms with Gasteiger partial charge >= 0.3 is 0 Å². The highest BCUT2D eigenvalue weighted by atomic mass is 35.5. The van der Waals surface area contributed by atoms with Gasteiger partial charge in [-0.05, 0) is 43.4 Å². The maximum absolute atomic E-state index is 13.9. The third kappa shape index (κ3) is 7.61. The van der Waals surface area contributed by atoms with E-state index in [9.17, 15) is 14.4 Å². The van der Waals surface area contributed by atoms with E-state index in [1.807, 2.05) is 72.3 Å². The number of benzene rings is 2. The molecule has 0 saturated carbocycles. The van der Waals surface area contributed by atoms with Gasteiger partial charge in [0.1, 0.15) is 17.8 Å². The molecule has 0 spiro atoms. The second-order valence-electron chi connectivity index (χ2n) is 9.75. The number of nitrogens with one attached hydrogen (secondary N) is 3. The molecule has 0 bridgehead atoms. The van der Waals surface area contributed by atoms with E-state index in [2.05, 4.69) is 21.1 Å². The molecule has 40 heavy (non-hydrogen) atoms. The van der Waals surface area contributed by atoms with E-state index >= 15 is 0 Å². The van der Waals surface area contributed by atoms with Gasteiger partial charge in [-0.25, -0.2) is 5.84 Å². The van der Waals surface area contributed by atoms with Crippen LogP contribution in [0.1, 0.15) is 41.7 Å². The minimum atomic E-state index is -0.805. The molecule has 1 aliphatic heterocycles. The molecule has 1 fully saturated rings. The smallest absolute Gasteiger partial charge is 0.268 e. The first-order valence-corrected chi connectivity index (χ1v) is 13.4. The number of hydrogen-bond acceptors (Lipinski definition) is 5. The fourth-order valence-corrected chi connectivity index (χ4v) is 5.07. The van der Waals surface area contributed by atoms with Crippen LogP contribution in [0.25, 0.3) is 10.9 Å². The number of likely N-dealkylation sites (tertiary alicyclic amines) is 1. The van der Waals surface area contributed by atoms with Crippen molar-refractivity contribution in [3.05, 3.63) is 71.9 Å². The van der Waals surface area contributed by atoms with Gasteiger partial charge in [0.25, 0.3) is 5.91 Å². The van der Waals surface area contributed by atoms with E-state index in [-0.39, 0.29) is 30.1 Å². The number of hydrazine groups is 1. The van der Waals surface area contributed by atoms with Crippen molar-refractivity contribution < 1.29 is 14.4 Å². The Morgan fingerprint density at radius 1 is 1.10 bits per heavy atom. The number of aromatic nitrogens is 1. The van der Waals surface area contributed by atoms with E-state index in [4.69, 9.17) is 5.84 Å². The van der Waals surface area contributed by atoms with E-state index in [0.29, 0.717) is 38.2 Å². The lowest BCUT2D eigenvalue weighted by atomic mass is 10.0. The van der Waals surface area contributed by atoms with Gasteiger partial charge < -0.3 is 25.5 Å². The first-order valence-electron chi connectivity index (χ1n) is 13.4. The lowest BCUT2D eigenvalue weighted by Crippen LogP contribution is -2.54. The van der Waals surface area contributed by atoms with Crippen molar-refractivity contribution in [1.82, 2.24) is 25.5 Å². The predicted molar refractivity (Wildman–Crippen MR) is 159 cm³/mol. The van der Waals surface area contributed by atoms with Gasteiger partial charge in [0.2, 0.25) is 11.8 Å². The average molecular weight is 568 g/mol. The first-order chi connectivity index (χ1) is 19.0.